The highest BCUT2D eigenvalue weighted by Crippen LogP contribution is 2.33. The van der Waals surface area contributed by atoms with E-state index < -0.39 is 0 Å². The SMILES string of the molecule is CCCn1ncc(Br)c1C(NN)c1cc(I)ccc1Br. The second-order valence-corrected chi connectivity index (χ2v) is 7.32. The van der Waals surface area contributed by atoms with Crippen LogP contribution >= 0.6 is 54.5 Å². The van der Waals surface area contributed by atoms with Gasteiger partial charge in [0.1, 0.15) is 0 Å². The fourth-order valence-electron chi connectivity index (χ4n) is 2.10. The average Bonchev–Trinajstić information content (AvgIpc) is 2.77. The molecule has 2 rings (SSSR count). The molecule has 0 aliphatic rings. The van der Waals surface area contributed by atoms with Crippen LogP contribution in [0.2, 0.25) is 0 Å². The lowest BCUT2D eigenvalue weighted by atomic mass is 10.0. The molecular formula is C13H15Br2IN4. The summed E-state index contributed by atoms with van der Waals surface area (Å²) in [5.74, 6) is 5.81. The van der Waals surface area contributed by atoms with Gasteiger partial charge in [0.05, 0.1) is 22.4 Å². The third-order valence-electron chi connectivity index (χ3n) is 2.98. The Balaban J connectivity index is 2.52. The molecule has 0 fully saturated rings. The highest BCUT2D eigenvalue weighted by molar-refractivity contribution is 14.1. The molecule has 0 saturated carbocycles. The topological polar surface area (TPSA) is 55.9 Å². The van der Waals surface area contributed by atoms with E-state index in [1.807, 2.05) is 16.9 Å². The standard InChI is InChI=1S/C13H15Br2IN4/c1-2-5-20-13(11(15)7-18-20)12(19-17)9-6-8(16)3-4-10(9)14/h3-4,6-7,12,19H,2,5,17H2,1H3. The minimum atomic E-state index is -0.123. The summed E-state index contributed by atoms with van der Waals surface area (Å²) >= 11 is 9.47. The zero-order valence-corrected chi connectivity index (χ0v) is 16.2. The zero-order chi connectivity index (χ0) is 14.7. The lowest BCUT2D eigenvalue weighted by Gasteiger charge is -2.20. The van der Waals surface area contributed by atoms with Crippen LogP contribution in [0.1, 0.15) is 30.6 Å². The molecule has 2 aromatic rings. The van der Waals surface area contributed by atoms with Gasteiger partial charge in [-0.15, -0.1) is 0 Å². The number of rotatable bonds is 5. The molecule has 0 saturated heterocycles. The summed E-state index contributed by atoms with van der Waals surface area (Å²) in [6, 6.07) is 6.09. The Hall–Kier alpha value is 0.0400. The number of hydrazine groups is 1. The van der Waals surface area contributed by atoms with Crippen LogP contribution in [0.5, 0.6) is 0 Å². The van der Waals surface area contributed by atoms with Crippen LogP contribution < -0.4 is 11.3 Å². The summed E-state index contributed by atoms with van der Waals surface area (Å²) < 4.78 is 5.14. The summed E-state index contributed by atoms with van der Waals surface area (Å²) in [7, 11) is 0. The van der Waals surface area contributed by atoms with Crippen molar-refractivity contribution in [1.82, 2.24) is 15.2 Å². The molecule has 0 aliphatic carbocycles. The van der Waals surface area contributed by atoms with Gasteiger partial charge in [0, 0.05) is 14.6 Å². The van der Waals surface area contributed by atoms with Crippen molar-refractivity contribution in [3.8, 4) is 0 Å². The monoisotopic (exact) mass is 512 g/mol. The summed E-state index contributed by atoms with van der Waals surface area (Å²) in [6.45, 7) is 2.99. The molecule has 1 unspecified atom stereocenters. The molecule has 3 N–H and O–H groups in total. The number of nitrogens with two attached hydrogens (primary N) is 1. The van der Waals surface area contributed by atoms with E-state index in [0.717, 1.165) is 33.2 Å². The van der Waals surface area contributed by atoms with Crippen molar-refractivity contribution < 1.29 is 0 Å². The van der Waals surface area contributed by atoms with E-state index in [1.54, 1.807) is 0 Å². The van der Waals surface area contributed by atoms with Gasteiger partial charge in [-0.3, -0.25) is 10.5 Å². The predicted molar refractivity (Wildman–Crippen MR) is 96.2 cm³/mol. The summed E-state index contributed by atoms with van der Waals surface area (Å²) in [4.78, 5) is 0. The largest absolute Gasteiger partial charge is 0.271 e. The maximum absolute atomic E-state index is 5.81. The Morgan fingerprint density at radius 1 is 1.40 bits per heavy atom. The Bertz CT molecular complexity index is 600. The zero-order valence-electron chi connectivity index (χ0n) is 10.9. The second-order valence-electron chi connectivity index (χ2n) is 4.37. The van der Waals surface area contributed by atoms with Crippen molar-refractivity contribution in [2.75, 3.05) is 0 Å². The van der Waals surface area contributed by atoms with Crippen molar-refractivity contribution in [3.63, 3.8) is 0 Å². The first kappa shape index (κ1) is 16.4. The molecule has 7 heteroatoms. The van der Waals surface area contributed by atoms with Crippen LogP contribution in [0.25, 0.3) is 0 Å². The van der Waals surface area contributed by atoms with E-state index in [4.69, 9.17) is 5.84 Å². The maximum atomic E-state index is 5.81. The fourth-order valence-corrected chi connectivity index (χ4v) is 3.62. The van der Waals surface area contributed by atoms with E-state index >= 15 is 0 Å². The molecule has 0 spiro atoms. The van der Waals surface area contributed by atoms with Crippen LogP contribution in [-0.4, -0.2) is 9.78 Å². The third-order valence-corrected chi connectivity index (χ3v) is 4.98. The lowest BCUT2D eigenvalue weighted by Crippen LogP contribution is -2.31. The first-order chi connectivity index (χ1) is 9.58. The van der Waals surface area contributed by atoms with Gasteiger partial charge in [-0.2, -0.15) is 5.10 Å². The van der Waals surface area contributed by atoms with Crippen molar-refractivity contribution in [2.45, 2.75) is 25.9 Å². The number of hydrogen-bond acceptors (Lipinski definition) is 3. The van der Waals surface area contributed by atoms with Gasteiger partial charge in [-0.25, -0.2) is 5.43 Å². The van der Waals surface area contributed by atoms with E-state index in [0.29, 0.717) is 0 Å². The van der Waals surface area contributed by atoms with Gasteiger partial charge in [0.2, 0.25) is 0 Å². The minimum absolute atomic E-state index is 0.123. The predicted octanol–water partition coefficient (Wildman–Crippen LogP) is 3.98. The van der Waals surface area contributed by atoms with E-state index in [-0.39, 0.29) is 6.04 Å². The van der Waals surface area contributed by atoms with E-state index in [1.165, 1.54) is 3.57 Å². The van der Waals surface area contributed by atoms with Crippen LogP contribution in [-0.2, 0) is 6.54 Å². The number of benzene rings is 1. The van der Waals surface area contributed by atoms with Gasteiger partial charge < -0.3 is 0 Å². The normalized spacial score (nSPS) is 12.7. The highest BCUT2D eigenvalue weighted by atomic mass is 127. The number of aromatic nitrogens is 2. The van der Waals surface area contributed by atoms with Crippen molar-refractivity contribution in [2.24, 2.45) is 5.84 Å². The lowest BCUT2D eigenvalue weighted by molar-refractivity contribution is 0.518. The van der Waals surface area contributed by atoms with Crippen LogP contribution in [0, 0.1) is 3.57 Å². The van der Waals surface area contributed by atoms with Gasteiger partial charge in [0.25, 0.3) is 0 Å². The van der Waals surface area contributed by atoms with Crippen LogP contribution in [0.15, 0.2) is 33.3 Å². The Kier molecular flexibility index (Phi) is 6.03. The Labute approximate surface area is 148 Å². The van der Waals surface area contributed by atoms with Crippen LogP contribution in [0.3, 0.4) is 0 Å². The Morgan fingerprint density at radius 2 is 2.15 bits per heavy atom. The molecular weight excluding hydrogens is 499 g/mol. The fraction of sp³-hybridized carbons (Fsp3) is 0.308. The molecule has 0 radical (unpaired) electrons. The maximum Gasteiger partial charge on any atom is 0.0901 e. The molecule has 0 bridgehead atoms. The summed E-state index contributed by atoms with van der Waals surface area (Å²) in [5, 5.41) is 4.41. The summed E-state index contributed by atoms with van der Waals surface area (Å²) in [5.41, 5.74) is 5.04. The van der Waals surface area contributed by atoms with E-state index in [2.05, 4.69) is 84.0 Å². The molecule has 0 aliphatic heterocycles. The van der Waals surface area contributed by atoms with Crippen molar-refractivity contribution in [3.05, 3.63) is 48.2 Å². The molecule has 108 valence electrons. The molecule has 1 atom stereocenters. The molecule has 1 heterocycles. The van der Waals surface area contributed by atoms with Crippen LogP contribution in [0.4, 0.5) is 0 Å². The van der Waals surface area contributed by atoms with Gasteiger partial charge in [-0.1, -0.05) is 22.9 Å². The second kappa shape index (κ2) is 7.35. The average molecular weight is 514 g/mol. The number of aryl methyl sites for hydroxylation is 1. The van der Waals surface area contributed by atoms with Gasteiger partial charge in [0.15, 0.2) is 0 Å². The molecule has 1 aromatic heterocycles. The highest BCUT2D eigenvalue weighted by Gasteiger charge is 2.22. The molecule has 1 aromatic carbocycles. The van der Waals surface area contributed by atoms with Gasteiger partial charge >= 0.3 is 0 Å². The smallest absolute Gasteiger partial charge is 0.0901 e. The summed E-state index contributed by atoms with van der Waals surface area (Å²) in [6.07, 6.45) is 2.84. The van der Waals surface area contributed by atoms with Gasteiger partial charge in [-0.05, 0) is 68.7 Å². The van der Waals surface area contributed by atoms with Crippen molar-refractivity contribution in [1.29, 1.82) is 0 Å². The Morgan fingerprint density at radius 3 is 2.80 bits per heavy atom. The third kappa shape index (κ3) is 3.44. The minimum Gasteiger partial charge on any atom is -0.271 e. The molecule has 4 nitrogen and oxygen atoms in total. The number of hydrogen-bond donors (Lipinski definition) is 2. The number of halogens is 3. The molecule has 0 amide bonds. The van der Waals surface area contributed by atoms with E-state index in [9.17, 15) is 0 Å². The molecule has 20 heavy (non-hydrogen) atoms. The number of nitrogens with zero attached hydrogens (tertiary/aromatic N) is 2. The number of nitrogens with one attached hydrogen (secondary N) is 1. The first-order valence-electron chi connectivity index (χ1n) is 6.20. The quantitative estimate of drug-likeness (QED) is 0.361. The van der Waals surface area contributed by atoms with Crippen molar-refractivity contribution >= 4 is 54.5 Å². The first-order valence-corrected chi connectivity index (χ1v) is 8.87.